The molecule has 4 heterocycles. The number of rotatable bonds is 5. The predicted octanol–water partition coefficient (Wildman–Crippen LogP) is 3.60. The lowest BCUT2D eigenvalue weighted by Gasteiger charge is -2.09. The number of benzene rings is 2. The predicted molar refractivity (Wildman–Crippen MR) is 129 cm³/mol. The van der Waals surface area contributed by atoms with Crippen LogP contribution in [0.25, 0.3) is 28.2 Å². The molecular weight excluding hydrogens is 468 g/mol. The van der Waals surface area contributed by atoms with Crippen molar-refractivity contribution in [2.45, 2.75) is 0 Å². The fraction of sp³-hybridized carbons (Fsp3) is 0.0417. The molecule has 1 aliphatic rings. The Morgan fingerprint density at radius 3 is 2.63 bits per heavy atom. The number of nitrogens with one attached hydrogen (secondary N) is 1. The van der Waals surface area contributed by atoms with Gasteiger partial charge in [0.2, 0.25) is 6.79 Å². The van der Waals surface area contributed by atoms with E-state index in [9.17, 15) is 9.59 Å². The number of thiazole rings is 1. The largest absolute Gasteiger partial charge is 0.454 e. The summed E-state index contributed by atoms with van der Waals surface area (Å²) in [4.78, 5) is 38.3. The second-order valence-corrected chi connectivity index (χ2v) is 8.46. The molecule has 1 aliphatic heterocycles. The van der Waals surface area contributed by atoms with Crippen LogP contribution in [0.15, 0.2) is 66.3 Å². The molecule has 0 spiro atoms. The van der Waals surface area contributed by atoms with Gasteiger partial charge < -0.3 is 15.2 Å². The van der Waals surface area contributed by atoms with E-state index in [1.165, 1.54) is 22.1 Å². The van der Waals surface area contributed by atoms with Gasteiger partial charge in [0.15, 0.2) is 28.0 Å². The van der Waals surface area contributed by atoms with Gasteiger partial charge in [-0.25, -0.2) is 15.0 Å². The molecule has 0 radical (unpaired) electrons. The minimum Gasteiger partial charge on any atom is -0.454 e. The third-order valence-electron chi connectivity index (χ3n) is 5.43. The third kappa shape index (κ3) is 3.73. The van der Waals surface area contributed by atoms with Crippen LogP contribution in [0.2, 0.25) is 0 Å². The van der Waals surface area contributed by atoms with Gasteiger partial charge in [-0.2, -0.15) is 0 Å². The number of nitrogens with two attached hydrogens (primary N) is 1. The molecule has 0 aliphatic carbocycles. The highest BCUT2D eigenvalue weighted by Crippen LogP contribution is 2.36. The Bertz CT molecular complexity index is 1610. The molecule has 0 fully saturated rings. The molecule has 0 saturated heterocycles. The molecule has 172 valence electrons. The molecule has 3 N–H and O–H groups in total. The Balaban J connectivity index is 1.35. The molecular formula is C24H16N6O4S. The van der Waals surface area contributed by atoms with Crippen LogP contribution in [0.3, 0.4) is 0 Å². The van der Waals surface area contributed by atoms with Crippen molar-refractivity contribution in [1.82, 2.24) is 19.4 Å². The zero-order valence-electron chi connectivity index (χ0n) is 18.0. The number of aromatic nitrogens is 4. The van der Waals surface area contributed by atoms with Crippen LogP contribution in [-0.4, -0.2) is 38.0 Å². The molecule has 5 aromatic rings. The normalized spacial score (nSPS) is 12.1. The fourth-order valence-corrected chi connectivity index (χ4v) is 4.47. The number of amides is 2. The number of carbonyl (C=O) groups is 2. The third-order valence-corrected chi connectivity index (χ3v) is 6.19. The molecule has 6 rings (SSSR count). The molecule has 2 aromatic carbocycles. The Hall–Kier alpha value is -4.77. The second-order valence-electron chi connectivity index (χ2n) is 7.60. The van der Waals surface area contributed by atoms with Gasteiger partial charge in [-0.3, -0.25) is 19.3 Å². The Kier molecular flexibility index (Phi) is 4.89. The number of imidazole rings is 1. The van der Waals surface area contributed by atoms with Gasteiger partial charge >= 0.3 is 0 Å². The van der Waals surface area contributed by atoms with Gasteiger partial charge in [-0.1, -0.05) is 30.3 Å². The first-order valence-corrected chi connectivity index (χ1v) is 11.3. The average Bonchev–Trinajstić information content (AvgIpc) is 3.62. The van der Waals surface area contributed by atoms with Crippen LogP contribution >= 0.6 is 11.3 Å². The Morgan fingerprint density at radius 1 is 0.971 bits per heavy atom. The van der Waals surface area contributed by atoms with Crippen molar-refractivity contribution >= 4 is 33.9 Å². The number of carbonyl (C=O) groups excluding carboxylic acids is 2. The summed E-state index contributed by atoms with van der Waals surface area (Å²) in [7, 11) is 0. The minimum absolute atomic E-state index is 0.0174. The van der Waals surface area contributed by atoms with Crippen LogP contribution < -0.4 is 20.5 Å². The Labute approximate surface area is 202 Å². The molecule has 0 saturated carbocycles. The maximum absolute atomic E-state index is 13.3. The summed E-state index contributed by atoms with van der Waals surface area (Å²) in [6.07, 6.45) is 1.35. The highest BCUT2D eigenvalue weighted by molar-refractivity contribution is 7.14. The van der Waals surface area contributed by atoms with Crippen molar-refractivity contribution in [2.75, 3.05) is 12.1 Å². The quantitative estimate of drug-likeness (QED) is 0.389. The van der Waals surface area contributed by atoms with Crippen molar-refractivity contribution in [2.24, 2.45) is 5.73 Å². The van der Waals surface area contributed by atoms with Crippen LogP contribution in [0.1, 0.15) is 21.0 Å². The van der Waals surface area contributed by atoms with Gasteiger partial charge in [0, 0.05) is 16.5 Å². The van der Waals surface area contributed by atoms with E-state index in [0.29, 0.717) is 28.0 Å². The Morgan fingerprint density at radius 2 is 1.80 bits per heavy atom. The first kappa shape index (κ1) is 20.8. The second kappa shape index (κ2) is 8.22. The van der Waals surface area contributed by atoms with Crippen molar-refractivity contribution in [1.29, 1.82) is 0 Å². The average molecular weight is 484 g/mol. The van der Waals surface area contributed by atoms with E-state index in [1.54, 1.807) is 6.07 Å². The van der Waals surface area contributed by atoms with Crippen molar-refractivity contribution in [3.63, 3.8) is 0 Å². The standard InChI is InChI=1S/C24H16N6O4S/c25-21(31)20-22-27-15(13-4-2-1-3-5-13)9-17(30(22)11-26-20)23(32)29-24-28-16(10-35-24)14-6-7-18-19(8-14)34-12-33-18/h1-11H,12H2,(H2,25,31)(H,28,29,32). The van der Waals surface area contributed by atoms with E-state index >= 15 is 0 Å². The summed E-state index contributed by atoms with van der Waals surface area (Å²) in [6.45, 7) is 0.189. The summed E-state index contributed by atoms with van der Waals surface area (Å²) in [5.74, 6) is 0.169. The van der Waals surface area contributed by atoms with Crippen LogP contribution in [0, 0.1) is 0 Å². The van der Waals surface area contributed by atoms with E-state index in [0.717, 1.165) is 11.1 Å². The smallest absolute Gasteiger partial charge is 0.274 e. The number of hydrogen-bond donors (Lipinski definition) is 2. The lowest BCUT2D eigenvalue weighted by Crippen LogP contribution is -2.17. The van der Waals surface area contributed by atoms with Crippen LogP contribution in [-0.2, 0) is 0 Å². The van der Waals surface area contributed by atoms with E-state index in [4.69, 9.17) is 15.2 Å². The van der Waals surface area contributed by atoms with Crippen molar-refractivity contribution in [3.05, 3.63) is 77.7 Å². The van der Waals surface area contributed by atoms with Crippen molar-refractivity contribution in [3.8, 4) is 34.0 Å². The van der Waals surface area contributed by atoms with Gasteiger partial charge in [-0.05, 0) is 24.3 Å². The van der Waals surface area contributed by atoms with Crippen LogP contribution in [0.4, 0.5) is 5.13 Å². The molecule has 11 heteroatoms. The van der Waals surface area contributed by atoms with E-state index in [-0.39, 0.29) is 23.8 Å². The summed E-state index contributed by atoms with van der Waals surface area (Å²) < 4.78 is 12.2. The summed E-state index contributed by atoms with van der Waals surface area (Å²) >= 11 is 1.29. The van der Waals surface area contributed by atoms with E-state index < -0.39 is 11.8 Å². The van der Waals surface area contributed by atoms with Gasteiger partial charge in [0.25, 0.3) is 11.8 Å². The number of hydrogen-bond acceptors (Lipinski definition) is 8. The van der Waals surface area contributed by atoms with Gasteiger partial charge in [0.1, 0.15) is 12.0 Å². The number of ether oxygens (including phenoxy) is 2. The number of nitrogens with zero attached hydrogens (tertiary/aromatic N) is 4. The van der Waals surface area contributed by atoms with Gasteiger partial charge in [0.05, 0.1) is 11.4 Å². The van der Waals surface area contributed by atoms with E-state index in [1.807, 2.05) is 53.9 Å². The molecule has 2 amide bonds. The summed E-state index contributed by atoms with van der Waals surface area (Å²) in [5, 5.41) is 5.08. The lowest BCUT2D eigenvalue weighted by molar-refractivity contribution is 0.0993. The highest BCUT2D eigenvalue weighted by Gasteiger charge is 2.21. The minimum atomic E-state index is -0.732. The first-order chi connectivity index (χ1) is 17.1. The molecule has 35 heavy (non-hydrogen) atoms. The molecule has 10 nitrogen and oxygen atoms in total. The van der Waals surface area contributed by atoms with E-state index in [2.05, 4.69) is 20.3 Å². The number of fused-ring (bicyclic) bond motifs is 2. The molecule has 3 aromatic heterocycles. The lowest BCUT2D eigenvalue weighted by atomic mass is 10.1. The maximum Gasteiger partial charge on any atom is 0.274 e. The molecule has 0 bridgehead atoms. The molecule has 0 unspecified atom stereocenters. The van der Waals surface area contributed by atoms with Gasteiger partial charge in [-0.15, -0.1) is 11.3 Å². The monoisotopic (exact) mass is 484 g/mol. The molecule has 0 atom stereocenters. The van der Waals surface area contributed by atoms with Crippen LogP contribution in [0.5, 0.6) is 11.5 Å². The summed E-state index contributed by atoms with van der Waals surface area (Å²) in [5.41, 5.74) is 8.69. The first-order valence-electron chi connectivity index (χ1n) is 10.5. The zero-order valence-corrected chi connectivity index (χ0v) is 18.8. The summed E-state index contributed by atoms with van der Waals surface area (Å²) in [6, 6.07) is 16.5. The van der Waals surface area contributed by atoms with Crippen molar-refractivity contribution < 1.29 is 19.1 Å². The number of anilines is 1. The topological polar surface area (TPSA) is 134 Å². The zero-order chi connectivity index (χ0) is 23.9. The fourth-order valence-electron chi connectivity index (χ4n) is 3.76. The maximum atomic E-state index is 13.3. The number of primary amides is 1. The highest BCUT2D eigenvalue weighted by atomic mass is 32.1. The SMILES string of the molecule is NC(=O)c1ncn2c(C(=O)Nc3nc(-c4ccc5c(c4)OCO5)cs3)cc(-c3ccccc3)nc12.